The Morgan fingerprint density at radius 1 is 1.08 bits per heavy atom. The summed E-state index contributed by atoms with van der Waals surface area (Å²) in [5.74, 6) is -0.172. The van der Waals surface area contributed by atoms with Crippen molar-refractivity contribution in [3.8, 4) is 0 Å². The van der Waals surface area contributed by atoms with Crippen molar-refractivity contribution in [1.82, 2.24) is 4.72 Å². The maximum Gasteiger partial charge on any atom is 0.240 e. The monoisotopic (exact) mass is 366 g/mol. The van der Waals surface area contributed by atoms with Gasteiger partial charge in [0.2, 0.25) is 21.8 Å². The summed E-state index contributed by atoms with van der Waals surface area (Å²) in [6.07, 6.45) is 4.53. The van der Waals surface area contributed by atoms with Gasteiger partial charge in [0.15, 0.2) is 0 Å². The number of hydrogen-bond donors (Lipinski definition) is 1. The van der Waals surface area contributed by atoms with Gasteiger partial charge in [-0.3, -0.25) is 14.5 Å². The molecule has 0 bridgehead atoms. The zero-order valence-corrected chi connectivity index (χ0v) is 15.6. The van der Waals surface area contributed by atoms with E-state index in [4.69, 9.17) is 0 Å². The van der Waals surface area contributed by atoms with Crippen molar-refractivity contribution in [2.45, 2.75) is 57.3 Å². The first-order chi connectivity index (χ1) is 11.9. The molecule has 1 aromatic rings. The smallest absolute Gasteiger partial charge is 0.240 e. The van der Waals surface area contributed by atoms with E-state index in [2.05, 4.69) is 18.6 Å². The summed E-state index contributed by atoms with van der Waals surface area (Å²) in [6, 6.07) is 5.88. The van der Waals surface area contributed by atoms with Gasteiger partial charge in [-0.15, -0.1) is 0 Å². The lowest BCUT2D eigenvalue weighted by Crippen LogP contribution is -2.30. The molecule has 2 rings (SSSR count). The number of carbonyl (C=O) groups excluding carboxylic acids is 2. The Hall–Kier alpha value is -1.73. The molecule has 1 aliphatic heterocycles. The van der Waals surface area contributed by atoms with Crippen LogP contribution < -0.4 is 9.62 Å². The Kier molecular flexibility index (Phi) is 6.72. The second kappa shape index (κ2) is 8.58. The molecule has 1 N–H and O–H groups in total. The predicted molar refractivity (Wildman–Crippen MR) is 96.7 cm³/mol. The molecule has 1 aromatic carbocycles. The topological polar surface area (TPSA) is 83.6 Å². The van der Waals surface area contributed by atoms with Crippen molar-refractivity contribution in [2.24, 2.45) is 5.92 Å². The number of imide groups is 1. The number of unbranched alkanes of at least 4 members (excludes halogenated alkanes) is 1. The van der Waals surface area contributed by atoms with Gasteiger partial charge < -0.3 is 0 Å². The van der Waals surface area contributed by atoms with E-state index in [-0.39, 0.29) is 29.6 Å². The Morgan fingerprint density at radius 2 is 1.68 bits per heavy atom. The molecular weight excluding hydrogens is 340 g/mol. The summed E-state index contributed by atoms with van der Waals surface area (Å²) in [5.41, 5.74) is 0.417. The molecule has 1 unspecified atom stereocenters. The Labute approximate surface area is 149 Å². The Morgan fingerprint density at radius 3 is 2.20 bits per heavy atom. The summed E-state index contributed by atoms with van der Waals surface area (Å²) in [5, 5.41) is 0. The van der Waals surface area contributed by atoms with Crippen molar-refractivity contribution < 1.29 is 18.0 Å². The minimum atomic E-state index is -3.60. The molecule has 1 saturated heterocycles. The molecule has 0 aromatic heterocycles. The number of nitrogens with zero attached hydrogens (tertiary/aromatic N) is 1. The van der Waals surface area contributed by atoms with Crippen LogP contribution in [0.4, 0.5) is 5.69 Å². The number of benzene rings is 1. The highest BCUT2D eigenvalue weighted by atomic mass is 32.2. The lowest BCUT2D eigenvalue weighted by Gasteiger charge is -2.16. The number of sulfonamides is 1. The minimum absolute atomic E-state index is 0.140. The molecule has 6 nitrogen and oxygen atoms in total. The largest absolute Gasteiger partial charge is 0.274 e. The molecule has 1 aliphatic rings. The van der Waals surface area contributed by atoms with Crippen LogP contribution >= 0.6 is 0 Å². The van der Waals surface area contributed by atoms with Gasteiger partial charge in [0.1, 0.15) is 0 Å². The fourth-order valence-corrected chi connectivity index (χ4v) is 4.01. The van der Waals surface area contributed by atoms with Crippen LogP contribution in [0.5, 0.6) is 0 Å². The Bertz CT molecular complexity index is 697. The fourth-order valence-electron chi connectivity index (χ4n) is 2.89. The van der Waals surface area contributed by atoms with Crippen molar-refractivity contribution in [3.05, 3.63) is 24.3 Å². The molecule has 7 heteroatoms. The van der Waals surface area contributed by atoms with Crippen molar-refractivity contribution in [1.29, 1.82) is 0 Å². The standard InChI is InChI=1S/C18H26N2O4S/c1-3-5-6-14(4-2)13-19-25(23,24)16-9-7-15(8-10-16)20-17(21)11-12-18(20)22/h7-10,14,19H,3-6,11-13H2,1-2H3. The third kappa shape index (κ3) is 4.89. The van der Waals surface area contributed by atoms with E-state index >= 15 is 0 Å². The summed E-state index contributed by atoms with van der Waals surface area (Å²) in [6.45, 7) is 4.60. The normalized spacial score (nSPS) is 16.5. The van der Waals surface area contributed by atoms with Crippen molar-refractivity contribution >= 4 is 27.5 Å². The van der Waals surface area contributed by atoms with Gasteiger partial charge in [0, 0.05) is 19.4 Å². The van der Waals surface area contributed by atoms with Crippen LogP contribution in [0.1, 0.15) is 52.4 Å². The van der Waals surface area contributed by atoms with Crippen LogP contribution in [0.3, 0.4) is 0 Å². The highest BCUT2D eigenvalue weighted by Gasteiger charge is 2.30. The van der Waals surface area contributed by atoms with E-state index in [1.54, 1.807) is 0 Å². The van der Waals surface area contributed by atoms with E-state index in [1.165, 1.54) is 24.3 Å². The number of hydrogen-bond acceptors (Lipinski definition) is 4. The molecular formula is C18H26N2O4S. The first-order valence-electron chi connectivity index (χ1n) is 8.84. The molecule has 1 fully saturated rings. The van der Waals surface area contributed by atoms with Gasteiger partial charge in [0.25, 0.3) is 0 Å². The lowest BCUT2D eigenvalue weighted by molar-refractivity contribution is -0.121. The molecule has 1 atom stereocenters. The lowest BCUT2D eigenvalue weighted by atomic mass is 10.00. The van der Waals surface area contributed by atoms with Crippen molar-refractivity contribution in [3.63, 3.8) is 0 Å². The van der Waals surface area contributed by atoms with Gasteiger partial charge >= 0.3 is 0 Å². The SMILES string of the molecule is CCCCC(CC)CNS(=O)(=O)c1ccc(N2C(=O)CCC2=O)cc1. The van der Waals surface area contributed by atoms with Gasteiger partial charge in [-0.1, -0.05) is 33.1 Å². The average Bonchev–Trinajstić information content (AvgIpc) is 2.94. The number of nitrogens with one attached hydrogen (secondary N) is 1. The van der Waals surface area contributed by atoms with Crippen molar-refractivity contribution in [2.75, 3.05) is 11.4 Å². The number of amides is 2. The minimum Gasteiger partial charge on any atom is -0.274 e. The second-order valence-electron chi connectivity index (χ2n) is 6.39. The maximum atomic E-state index is 12.4. The summed E-state index contributed by atoms with van der Waals surface area (Å²) >= 11 is 0. The summed E-state index contributed by atoms with van der Waals surface area (Å²) < 4.78 is 27.5. The van der Waals surface area contributed by atoms with Crippen LogP contribution in [0.25, 0.3) is 0 Å². The van der Waals surface area contributed by atoms with Gasteiger partial charge in [-0.2, -0.15) is 0 Å². The number of carbonyl (C=O) groups is 2. The highest BCUT2D eigenvalue weighted by molar-refractivity contribution is 7.89. The molecule has 138 valence electrons. The second-order valence-corrected chi connectivity index (χ2v) is 8.15. The average molecular weight is 366 g/mol. The van der Waals surface area contributed by atoms with E-state index < -0.39 is 10.0 Å². The first kappa shape index (κ1) is 19.6. The molecule has 0 aliphatic carbocycles. The van der Waals surface area contributed by atoms with Crippen LogP contribution in [0, 0.1) is 5.92 Å². The molecule has 2 amide bonds. The quantitative estimate of drug-likeness (QED) is 0.681. The summed E-state index contributed by atoms with van der Waals surface area (Å²) in [4.78, 5) is 24.7. The summed E-state index contributed by atoms with van der Waals surface area (Å²) in [7, 11) is -3.60. The Balaban J connectivity index is 2.04. The van der Waals surface area contributed by atoms with E-state index in [1.807, 2.05) is 0 Å². The number of rotatable bonds is 9. The zero-order valence-electron chi connectivity index (χ0n) is 14.8. The molecule has 0 radical (unpaired) electrons. The zero-order chi connectivity index (χ0) is 18.4. The van der Waals surface area contributed by atoms with Crippen LogP contribution in [0.2, 0.25) is 0 Å². The third-order valence-electron chi connectivity index (χ3n) is 4.56. The van der Waals surface area contributed by atoms with Gasteiger partial charge in [-0.25, -0.2) is 13.1 Å². The molecule has 25 heavy (non-hydrogen) atoms. The predicted octanol–water partition coefficient (Wildman–Crippen LogP) is 2.83. The van der Waals surface area contributed by atoms with Gasteiger partial charge in [0.05, 0.1) is 10.6 Å². The van der Waals surface area contributed by atoms with Crippen LogP contribution in [0.15, 0.2) is 29.2 Å². The van der Waals surface area contributed by atoms with E-state index in [0.717, 1.165) is 30.6 Å². The third-order valence-corrected chi connectivity index (χ3v) is 6.00. The van der Waals surface area contributed by atoms with E-state index in [9.17, 15) is 18.0 Å². The fraction of sp³-hybridized carbons (Fsp3) is 0.556. The van der Waals surface area contributed by atoms with E-state index in [0.29, 0.717) is 18.2 Å². The van der Waals surface area contributed by atoms with Crippen LogP contribution in [-0.4, -0.2) is 26.8 Å². The first-order valence-corrected chi connectivity index (χ1v) is 10.3. The highest BCUT2D eigenvalue weighted by Crippen LogP contribution is 2.24. The molecule has 0 saturated carbocycles. The molecule has 1 heterocycles. The molecule has 0 spiro atoms. The van der Waals surface area contributed by atoms with Crippen LogP contribution in [-0.2, 0) is 19.6 Å². The number of anilines is 1. The van der Waals surface area contributed by atoms with Gasteiger partial charge in [-0.05, 0) is 36.6 Å². The maximum absolute atomic E-state index is 12.4.